The van der Waals surface area contributed by atoms with E-state index in [-0.39, 0.29) is 6.04 Å². The summed E-state index contributed by atoms with van der Waals surface area (Å²) in [5, 5.41) is 4.25. The van der Waals surface area contributed by atoms with E-state index in [1.54, 1.807) is 7.11 Å². The van der Waals surface area contributed by atoms with Gasteiger partial charge < -0.3 is 10.1 Å². The standard InChI is InChI=1S/C16H17BrClNO/c1-11(12-4-3-5-15(18)9-12)19-10-13-8-14(17)6-7-16(13)20-2/h3-9,11,19H,10H2,1-2H3. The summed E-state index contributed by atoms with van der Waals surface area (Å²) in [6.45, 7) is 2.85. The number of hydrogen-bond acceptors (Lipinski definition) is 2. The summed E-state index contributed by atoms with van der Waals surface area (Å²) in [6, 6.07) is 14.1. The Kier molecular flexibility index (Phi) is 5.46. The smallest absolute Gasteiger partial charge is 0.123 e. The lowest BCUT2D eigenvalue weighted by Gasteiger charge is -2.16. The topological polar surface area (TPSA) is 21.3 Å². The third-order valence-corrected chi connectivity index (χ3v) is 3.92. The molecular formula is C16H17BrClNO. The first-order valence-electron chi connectivity index (χ1n) is 6.41. The molecule has 106 valence electrons. The number of hydrogen-bond donors (Lipinski definition) is 1. The third-order valence-electron chi connectivity index (χ3n) is 3.19. The van der Waals surface area contributed by atoms with E-state index in [2.05, 4.69) is 40.3 Å². The van der Waals surface area contributed by atoms with E-state index in [4.69, 9.17) is 16.3 Å². The molecule has 2 rings (SSSR count). The Balaban J connectivity index is 2.06. The van der Waals surface area contributed by atoms with Crippen molar-refractivity contribution in [3.05, 3.63) is 63.1 Å². The van der Waals surface area contributed by atoms with Crippen molar-refractivity contribution >= 4 is 27.5 Å². The minimum Gasteiger partial charge on any atom is -0.496 e. The van der Waals surface area contributed by atoms with Gasteiger partial charge in [0.1, 0.15) is 5.75 Å². The van der Waals surface area contributed by atoms with Crippen LogP contribution in [0.2, 0.25) is 5.02 Å². The van der Waals surface area contributed by atoms with Crippen LogP contribution >= 0.6 is 27.5 Å². The number of ether oxygens (including phenoxy) is 1. The SMILES string of the molecule is COc1ccc(Br)cc1CNC(C)c1cccc(Cl)c1. The maximum atomic E-state index is 6.02. The zero-order valence-electron chi connectivity index (χ0n) is 11.5. The number of nitrogens with one attached hydrogen (secondary N) is 1. The van der Waals surface area contributed by atoms with Crippen molar-refractivity contribution in [2.75, 3.05) is 7.11 Å². The minimum absolute atomic E-state index is 0.220. The third kappa shape index (κ3) is 3.98. The highest BCUT2D eigenvalue weighted by Crippen LogP contribution is 2.24. The van der Waals surface area contributed by atoms with Gasteiger partial charge in [-0.25, -0.2) is 0 Å². The molecule has 0 aromatic heterocycles. The van der Waals surface area contributed by atoms with Gasteiger partial charge in [0.15, 0.2) is 0 Å². The Bertz CT molecular complexity index is 588. The second kappa shape index (κ2) is 7.11. The summed E-state index contributed by atoms with van der Waals surface area (Å²) in [7, 11) is 1.69. The molecule has 0 heterocycles. The van der Waals surface area contributed by atoms with Crippen molar-refractivity contribution < 1.29 is 4.74 Å². The molecule has 0 amide bonds. The number of rotatable bonds is 5. The summed E-state index contributed by atoms with van der Waals surface area (Å²) in [4.78, 5) is 0. The van der Waals surface area contributed by atoms with Crippen LogP contribution in [0.3, 0.4) is 0 Å². The highest BCUT2D eigenvalue weighted by atomic mass is 79.9. The average Bonchev–Trinajstić information content (AvgIpc) is 2.45. The summed E-state index contributed by atoms with van der Waals surface area (Å²) in [5.41, 5.74) is 2.29. The normalized spacial score (nSPS) is 12.2. The highest BCUT2D eigenvalue weighted by Gasteiger charge is 2.08. The number of methoxy groups -OCH3 is 1. The quantitative estimate of drug-likeness (QED) is 0.819. The highest BCUT2D eigenvalue weighted by molar-refractivity contribution is 9.10. The van der Waals surface area contributed by atoms with E-state index < -0.39 is 0 Å². The molecule has 2 aromatic rings. The molecule has 20 heavy (non-hydrogen) atoms. The van der Waals surface area contributed by atoms with Crippen molar-refractivity contribution in [2.24, 2.45) is 0 Å². The van der Waals surface area contributed by atoms with Crippen LogP contribution < -0.4 is 10.1 Å². The van der Waals surface area contributed by atoms with Gasteiger partial charge in [0.25, 0.3) is 0 Å². The maximum Gasteiger partial charge on any atom is 0.123 e. The van der Waals surface area contributed by atoms with Crippen LogP contribution in [0.1, 0.15) is 24.1 Å². The van der Waals surface area contributed by atoms with Crippen molar-refractivity contribution in [3.8, 4) is 5.75 Å². The molecular weight excluding hydrogens is 338 g/mol. The zero-order chi connectivity index (χ0) is 14.5. The summed E-state index contributed by atoms with van der Waals surface area (Å²) in [5.74, 6) is 0.888. The molecule has 4 heteroatoms. The van der Waals surface area contributed by atoms with Crippen molar-refractivity contribution in [2.45, 2.75) is 19.5 Å². The van der Waals surface area contributed by atoms with Crippen molar-refractivity contribution in [1.82, 2.24) is 5.32 Å². The average molecular weight is 355 g/mol. The van der Waals surface area contributed by atoms with Crippen LogP contribution in [0.25, 0.3) is 0 Å². The predicted octanol–water partition coefficient (Wildman–Crippen LogP) is 4.96. The van der Waals surface area contributed by atoms with E-state index in [9.17, 15) is 0 Å². The molecule has 0 bridgehead atoms. The van der Waals surface area contributed by atoms with E-state index in [1.165, 1.54) is 5.56 Å². The second-order valence-electron chi connectivity index (χ2n) is 4.61. The van der Waals surface area contributed by atoms with E-state index >= 15 is 0 Å². The molecule has 0 aliphatic heterocycles. The van der Waals surface area contributed by atoms with Gasteiger partial charge in [0.2, 0.25) is 0 Å². The Morgan fingerprint density at radius 2 is 2.05 bits per heavy atom. The Morgan fingerprint density at radius 3 is 2.75 bits per heavy atom. The largest absolute Gasteiger partial charge is 0.496 e. The molecule has 0 saturated heterocycles. The summed E-state index contributed by atoms with van der Waals surface area (Å²) in [6.07, 6.45) is 0. The second-order valence-corrected chi connectivity index (χ2v) is 5.97. The molecule has 0 fully saturated rings. The fourth-order valence-corrected chi connectivity index (χ4v) is 2.65. The minimum atomic E-state index is 0.220. The lowest BCUT2D eigenvalue weighted by atomic mass is 10.1. The summed E-state index contributed by atoms with van der Waals surface area (Å²) >= 11 is 9.51. The van der Waals surface area contributed by atoms with E-state index in [0.29, 0.717) is 0 Å². The van der Waals surface area contributed by atoms with Crippen molar-refractivity contribution in [3.63, 3.8) is 0 Å². The van der Waals surface area contributed by atoms with Gasteiger partial charge in [-0.3, -0.25) is 0 Å². The summed E-state index contributed by atoms with van der Waals surface area (Å²) < 4.78 is 6.42. The van der Waals surface area contributed by atoms with Gasteiger partial charge >= 0.3 is 0 Å². The van der Waals surface area contributed by atoms with Crippen LogP contribution in [0.5, 0.6) is 5.75 Å². The monoisotopic (exact) mass is 353 g/mol. The van der Waals surface area contributed by atoms with Crippen LogP contribution in [-0.4, -0.2) is 7.11 Å². The predicted molar refractivity (Wildman–Crippen MR) is 87.4 cm³/mol. The Labute approximate surface area is 133 Å². The lowest BCUT2D eigenvalue weighted by molar-refractivity contribution is 0.406. The molecule has 0 spiro atoms. The molecule has 0 saturated carbocycles. The zero-order valence-corrected chi connectivity index (χ0v) is 13.8. The maximum absolute atomic E-state index is 6.02. The lowest BCUT2D eigenvalue weighted by Crippen LogP contribution is -2.18. The molecule has 0 aliphatic carbocycles. The van der Waals surface area contributed by atoms with Gasteiger partial charge in [0, 0.05) is 27.6 Å². The first-order chi connectivity index (χ1) is 9.60. The fourth-order valence-electron chi connectivity index (χ4n) is 2.04. The van der Waals surface area contributed by atoms with Gasteiger partial charge in [-0.05, 0) is 42.8 Å². The molecule has 2 nitrogen and oxygen atoms in total. The number of benzene rings is 2. The van der Waals surface area contributed by atoms with Gasteiger partial charge in [0.05, 0.1) is 7.11 Å². The van der Waals surface area contributed by atoms with Crippen LogP contribution in [0.4, 0.5) is 0 Å². The first kappa shape index (κ1) is 15.4. The Morgan fingerprint density at radius 1 is 1.25 bits per heavy atom. The first-order valence-corrected chi connectivity index (χ1v) is 7.58. The molecule has 1 unspecified atom stereocenters. The molecule has 0 aliphatic rings. The van der Waals surface area contributed by atoms with Crippen LogP contribution in [-0.2, 0) is 6.54 Å². The van der Waals surface area contributed by atoms with Crippen LogP contribution in [0.15, 0.2) is 46.9 Å². The van der Waals surface area contributed by atoms with Crippen LogP contribution in [0, 0.1) is 0 Å². The molecule has 2 aromatic carbocycles. The number of halogens is 2. The molecule has 1 N–H and O–H groups in total. The van der Waals surface area contributed by atoms with E-state index in [1.807, 2.05) is 30.3 Å². The Hall–Kier alpha value is -1.03. The van der Waals surface area contributed by atoms with E-state index in [0.717, 1.165) is 27.4 Å². The molecule has 1 atom stereocenters. The van der Waals surface area contributed by atoms with Gasteiger partial charge in [-0.1, -0.05) is 39.7 Å². The fraction of sp³-hybridized carbons (Fsp3) is 0.250. The van der Waals surface area contributed by atoms with Gasteiger partial charge in [-0.15, -0.1) is 0 Å². The van der Waals surface area contributed by atoms with Crippen molar-refractivity contribution in [1.29, 1.82) is 0 Å². The molecule has 0 radical (unpaired) electrons. The van der Waals surface area contributed by atoms with Gasteiger partial charge in [-0.2, -0.15) is 0 Å².